The lowest BCUT2D eigenvalue weighted by Crippen LogP contribution is -1.78. The van der Waals surface area contributed by atoms with Gasteiger partial charge >= 0.3 is 0 Å². The molecule has 1 N–H and O–H groups in total. The lowest BCUT2D eigenvalue weighted by Gasteiger charge is -2.02. The smallest absolute Gasteiger partial charge is 0.115 e. The largest absolute Gasteiger partial charge is 0.508 e. The summed E-state index contributed by atoms with van der Waals surface area (Å²) in [5.74, 6) is 0.246. The molecule has 0 atom stereocenters. The monoisotopic (exact) mass is 300 g/mol. The van der Waals surface area contributed by atoms with E-state index < -0.39 is 0 Å². The van der Waals surface area contributed by atoms with Gasteiger partial charge in [-0.3, -0.25) is 0 Å². The Kier molecular flexibility index (Phi) is 3.19. The van der Waals surface area contributed by atoms with Crippen molar-refractivity contribution in [2.45, 2.75) is 13.3 Å². The number of phenols is 1. The fourth-order valence-corrected chi connectivity index (χ4v) is 3.04. The Hall–Kier alpha value is -2.94. The van der Waals surface area contributed by atoms with Crippen LogP contribution in [0.25, 0.3) is 11.1 Å². The zero-order chi connectivity index (χ0) is 15.8. The average Bonchev–Trinajstić information content (AvgIpc) is 2.92. The van der Waals surface area contributed by atoms with Crippen LogP contribution >= 0.6 is 0 Å². The number of hydrogen-bond acceptors (Lipinski definition) is 3. The van der Waals surface area contributed by atoms with E-state index in [1.54, 1.807) is 18.2 Å². The van der Waals surface area contributed by atoms with E-state index in [0.29, 0.717) is 0 Å². The summed E-state index contributed by atoms with van der Waals surface area (Å²) in [7, 11) is 0. The van der Waals surface area contributed by atoms with Gasteiger partial charge in [-0.15, -0.1) is 0 Å². The molecule has 0 heterocycles. The predicted octanol–water partition coefficient (Wildman–Crippen LogP) is 5.69. The summed E-state index contributed by atoms with van der Waals surface area (Å²) in [6, 6.07) is 19.8. The van der Waals surface area contributed by atoms with E-state index in [1.165, 1.54) is 22.3 Å². The minimum atomic E-state index is 0.246. The molecule has 0 spiro atoms. The van der Waals surface area contributed by atoms with Crippen molar-refractivity contribution in [3.05, 3.63) is 77.4 Å². The fourth-order valence-electron chi connectivity index (χ4n) is 3.04. The second-order valence-electron chi connectivity index (χ2n) is 5.85. The SMILES string of the molecule is Cc1cc(O)ccc1N=Nc1ccc2c(c1)-c1ccccc1C2. The van der Waals surface area contributed by atoms with Gasteiger partial charge in [-0.25, -0.2) is 0 Å². The Bertz CT molecular complexity index is 929. The highest BCUT2D eigenvalue weighted by atomic mass is 16.3. The molecule has 0 bridgehead atoms. The Morgan fingerprint density at radius 1 is 0.826 bits per heavy atom. The number of azo groups is 1. The van der Waals surface area contributed by atoms with Gasteiger partial charge in [0.05, 0.1) is 11.4 Å². The molecule has 3 aromatic rings. The summed E-state index contributed by atoms with van der Waals surface area (Å²) in [5, 5.41) is 18.1. The van der Waals surface area contributed by atoms with Crippen LogP contribution in [0.4, 0.5) is 11.4 Å². The number of aromatic hydroxyl groups is 1. The number of benzene rings is 3. The first-order chi connectivity index (χ1) is 11.2. The second kappa shape index (κ2) is 5.36. The summed E-state index contributed by atoms with van der Waals surface area (Å²) < 4.78 is 0. The Labute approximate surface area is 135 Å². The lowest BCUT2D eigenvalue weighted by molar-refractivity contribution is 0.475. The van der Waals surface area contributed by atoms with Crippen LogP contribution in [0, 0.1) is 6.92 Å². The van der Waals surface area contributed by atoms with Gasteiger partial charge in [-0.1, -0.05) is 30.3 Å². The maximum atomic E-state index is 9.45. The number of nitrogens with zero attached hydrogens (tertiary/aromatic N) is 2. The minimum Gasteiger partial charge on any atom is -0.508 e. The minimum absolute atomic E-state index is 0.246. The zero-order valence-corrected chi connectivity index (χ0v) is 12.8. The maximum Gasteiger partial charge on any atom is 0.115 e. The summed E-state index contributed by atoms with van der Waals surface area (Å²) in [6.07, 6.45) is 0.986. The zero-order valence-electron chi connectivity index (χ0n) is 12.8. The van der Waals surface area contributed by atoms with Gasteiger partial charge in [0.25, 0.3) is 0 Å². The molecule has 0 unspecified atom stereocenters. The van der Waals surface area contributed by atoms with E-state index in [0.717, 1.165) is 23.4 Å². The van der Waals surface area contributed by atoms with Crippen molar-refractivity contribution in [3.63, 3.8) is 0 Å². The molecule has 23 heavy (non-hydrogen) atoms. The van der Waals surface area contributed by atoms with Gasteiger partial charge in [-0.05, 0) is 71.5 Å². The van der Waals surface area contributed by atoms with Crippen molar-refractivity contribution in [1.29, 1.82) is 0 Å². The number of rotatable bonds is 2. The van der Waals surface area contributed by atoms with Gasteiger partial charge in [0.1, 0.15) is 5.75 Å². The maximum absolute atomic E-state index is 9.45. The van der Waals surface area contributed by atoms with E-state index in [-0.39, 0.29) is 5.75 Å². The predicted molar refractivity (Wildman–Crippen MR) is 91.7 cm³/mol. The molecular weight excluding hydrogens is 284 g/mol. The molecule has 3 heteroatoms. The third-order valence-electron chi connectivity index (χ3n) is 4.24. The van der Waals surface area contributed by atoms with E-state index in [2.05, 4.69) is 46.6 Å². The molecule has 4 rings (SSSR count). The van der Waals surface area contributed by atoms with Gasteiger partial charge < -0.3 is 5.11 Å². The molecular formula is C20H16N2O. The van der Waals surface area contributed by atoms with Crippen molar-refractivity contribution in [2.75, 3.05) is 0 Å². The highest BCUT2D eigenvalue weighted by Gasteiger charge is 2.17. The number of hydrogen-bond donors (Lipinski definition) is 1. The summed E-state index contributed by atoms with van der Waals surface area (Å²) in [6.45, 7) is 1.91. The molecule has 0 saturated heterocycles. The molecule has 0 fully saturated rings. The molecule has 1 aliphatic carbocycles. The highest BCUT2D eigenvalue weighted by Crippen LogP contribution is 2.38. The first kappa shape index (κ1) is 13.7. The van der Waals surface area contributed by atoms with Gasteiger partial charge in [-0.2, -0.15) is 10.2 Å². The van der Waals surface area contributed by atoms with Crippen LogP contribution in [-0.4, -0.2) is 5.11 Å². The topological polar surface area (TPSA) is 45.0 Å². The molecule has 3 nitrogen and oxygen atoms in total. The quantitative estimate of drug-likeness (QED) is 0.475. The first-order valence-electron chi connectivity index (χ1n) is 7.63. The molecule has 0 aromatic heterocycles. The normalized spacial score (nSPS) is 12.4. The van der Waals surface area contributed by atoms with Crippen LogP contribution in [0.15, 0.2) is 70.9 Å². The third-order valence-corrected chi connectivity index (χ3v) is 4.24. The Morgan fingerprint density at radius 3 is 2.52 bits per heavy atom. The van der Waals surface area contributed by atoms with E-state index in [9.17, 15) is 5.11 Å². The number of fused-ring (bicyclic) bond motifs is 3. The highest BCUT2D eigenvalue weighted by molar-refractivity contribution is 5.78. The van der Waals surface area contributed by atoms with Crippen LogP contribution in [0.5, 0.6) is 5.75 Å². The summed E-state index contributed by atoms with van der Waals surface area (Å²) >= 11 is 0. The second-order valence-corrected chi connectivity index (χ2v) is 5.85. The molecule has 0 amide bonds. The van der Waals surface area contributed by atoms with Crippen LogP contribution in [0.2, 0.25) is 0 Å². The van der Waals surface area contributed by atoms with E-state index >= 15 is 0 Å². The average molecular weight is 300 g/mol. The van der Waals surface area contributed by atoms with Crippen LogP contribution in [0.3, 0.4) is 0 Å². The van der Waals surface area contributed by atoms with Crippen LogP contribution in [0.1, 0.15) is 16.7 Å². The molecule has 112 valence electrons. The number of phenolic OH excluding ortho intramolecular Hbond substituents is 1. The van der Waals surface area contributed by atoms with Gasteiger partial charge in [0, 0.05) is 0 Å². The molecule has 0 saturated carbocycles. The molecule has 3 aromatic carbocycles. The van der Waals surface area contributed by atoms with E-state index in [1.807, 2.05) is 13.0 Å². The molecule has 1 aliphatic rings. The summed E-state index contributed by atoms with van der Waals surface area (Å²) in [4.78, 5) is 0. The Balaban J connectivity index is 1.69. The molecule has 0 radical (unpaired) electrons. The fraction of sp³-hybridized carbons (Fsp3) is 0.100. The van der Waals surface area contributed by atoms with Crippen LogP contribution < -0.4 is 0 Å². The summed E-state index contributed by atoms with van der Waals surface area (Å²) in [5.41, 5.74) is 7.76. The third kappa shape index (κ3) is 2.50. The van der Waals surface area contributed by atoms with Crippen molar-refractivity contribution < 1.29 is 5.11 Å². The first-order valence-corrected chi connectivity index (χ1v) is 7.63. The van der Waals surface area contributed by atoms with Gasteiger partial charge in [0.15, 0.2) is 0 Å². The van der Waals surface area contributed by atoms with Crippen molar-refractivity contribution in [3.8, 4) is 16.9 Å². The van der Waals surface area contributed by atoms with Gasteiger partial charge in [0.2, 0.25) is 0 Å². The standard InChI is InChI=1S/C20H16N2O/c1-13-10-17(23)8-9-20(13)22-21-16-7-6-15-11-14-4-2-3-5-18(14)19(15)12-16/h2-10,12,23H,11H2,1H3. The van der Waals surface area contributed by atoms with Crippen LogP contribution in [-0.2, 0) is 6.42 Å². The number of aryl methyl sites for hydroxylation is 1. The van der Waals surface area contributed by atoms with Crippen molar-refractivity contribution in [2.24, 2.45) is 10.2 Å². The van der Waals surface area contributed by atoms with Crippen molar-refractivity contribution >= 4 is 11.4 Å². The lowest BCUT2D eigenvalue weighted by atomic mass is 10.1. The van der Waals surface area contributed by atoms with E-state index in [4.69, 9.17) is 0 Å². The molecule has 0 aliphatic heterocycles. The van der Waals surface area contributed by atoms with Crippen molar-refractivity contribution in [1.82, 2.24) is 0 Å². The Morgan fingerprint density at radius 2 is 1.65 bits per heavy atom.